The van der Waals surface area contributed by atoms with Crippen LogP contribution in [0.15, 0.2) is 24.3 Å². The van der Waals surface area contributed by atoms with Crippen molar-refractivity contribution in [1.29, 1.82) is 0 Å². The molecular formula is C15H21F3N2O. The molecule has 0 bridgehead atoms. The molecule has 1 aromatic carbocycles. The molecule has 6 heteroatoms. The van der Waals surface area contributed by atoms with Gasteiger partial charge in [-0.3, -0.25) is 4.90 Å². The van der Waals surface area contributed by atoms with E-state index >= 15 is 0 Å². The van der Waals surface area contributed by atoms with E-state index in [1.54, 1.807) is 6.07 Å². The fourth-order valence-corrected chi connectivity index (χ4v) is 2.64. The molecule has 0 amide bonds. The molecule has 1 saturated heterocycles. The minimum absolute atomic E-state index is 0.146. The van der Waals surface area contributed by atoms with Crippen LogP contribution in [0, 0.1) is 0 Å². The lowest BCUT2D eigenvalue weighted by molar-refractivity contribution is -0.138. The molecule has 1 aliphatic heterocycles. The van der Waals surface area contributed by atoms with Crippen molar-refractivity contribution in [3.8, 4) is 0 Å². The minimum atomic E-state index is -4.38. The summed E-state index contributed by atoms with van der Waals surface area (Å²) in [6.45, 7) is 6.21. The van der Waals surface area contributed by atoms with E-state index in [9.17, 15) is 13.2 Å². The third-order valence-corrected chi connectivity index (χ3v) is 3.90. The summed E-state index contributed by atoms with van der Waals surface area (Å²) in [5, 5.41) is 0. The van der Waals surface area contributed by atoms with Crippen molar-refractivity contribution in [2.75, 3.05) is 26.3 Å². The van der Waals surface area contributed by atoms with Gasteiger partial charge in [0.05, 0.1) is 18.8 Å². The SMILES string of the molecule is CC1(C)COCCN1CC(N)c1ccccc1C(F)(F)F. The Morgan fingerprint density at radius 1 is 1.33 bits per heavy atom. The van der Waals surface area contributed by atoms with E-state index in [4.69, 9.17) is 10.5 Å². The number of hydrogen-bond donors (Lipinski definition) is 1. The highest BCUT2D eigenvalue weighted by atomic mass is 19.4. The predicted octanol–water partition coefficient (Wildman–Crippen LogP) is 2.82. The summed E-state index contributed by atoms with van der Waals surface area (Å²) in [4.78, 5) is 2.09. The quantitative estimate of drug-likeness (QED) is 0.933. The highest BCUT2D eigenvalue weighted by Gasteiger charge is 2.36. The Kier molecular flexibility index (Phi) is 4.60. The molecule has 0 aromatic heterocycles. The van der Waals surface area contributed by atoms with Crippen molar-refractivity contribution >= 4 is 0 Å². The molecule has 0 radical (unpaired) electrons. The average molecular weight is 302 g/mol. The van der Waals surface area contributed by atoms with Gasteiger partial charge in [-0.05, 0) is 25.5 Å². The van der Waals surface area contributed by atoms with Crippen molar-refractivity contribution in [2.24, 2.45) is 5.73 Å². The first-order valence-electron chi connectivity index (χ1n) is 6.96. The molecule has 2 rings (SSSR count). The van der Waals surface area contributed by atoms with Gasteiger partial charge < -0.3 is 10.5 Å². The average Bonchev–Trinajstić information content (AvgIpc) is 2.40. The van der Waals surface area contributed by atoms with Crippen molar-refractivity contribution in [3.05, 3.63) is 35.4 Å². The maximum Gasteiger partial charge on any atom is 0.416 e. The van der Waals surface area contributed by atoms with E-state index in [1.807, 2.05) is 13.8 Å². The molecule has 1 atom stereocenters. The molecule has 1 heterocycles. The largest absolute Gasteiger partial charge is 0.416 e. The van der Waals surface area contributed by atoms with E-state index in [1.165, 1.54) is 12.1 Å². The predicted molar refractivity (Wildman–Crippen MR) is 74.8 cm³/mol. The van der Waals surface area contributed by atoms with Gasteiger partial charge in [0.25, 0.3) is 0 Å². The second kappa shape index (κ2) is 5.94. The molecule has 1 aromatic rings. The summed E-state index contributed by atoms with van der Waals surface area (Å²) in [5.74, 6) is 0. The Morgan fingerprint density at radius 3 is 2.62 bits per heavy atom. The van der Waals surface area contributed by atoms with E-state index in [0.717, 1.165) is 6.07 Å². The second-order valence-electron chi connectivity index (χ2n) is 6.00. The van der Waals surface area contributed by atoms with E-state index in [2.05, 4.69) is 4.90 Å². The van der Waals surface area contributed by atoms with Crippen molar-refractivity contribution in [1.82, 2.24) is 4.90 Å². The third-order valence-electron chi connectivity index (χ3n) is 3.90. The van der Waals surface area contributed by atoms with Gasteiger partial charge in [-0.25, -0.2) is 0 Å². The van der Waals surface area contributed by atoms with Gasteiger partial charge >= 0.3 is 6.18 Å². The number of alkyl halides is 3. The molecule has 0 spiro atoms. The molecule has 1 fully saturated rings. The van der Waals surface area contributed by atoms with Gasteiger partial charge in [-0.1, -0.05) is 18.2 Å². The van der Waals surface area contributed by atoms with Gasteiger partial charge in [0.2, 0.25) is 0 Å². The van der Waals surface area contributed by atoms with Gasteiger partial charge in [0.1, 0.15) is 0 Å². The topological polar surface area (TPSA) is 38.5 Å². The van der Waals surface area contributed by atoms with Crippen molar-refractivity contribution in [3.63, 3.8) is 0 Å². The molecule has 2 N–H and O–H groups in total. The van der Waals surface area contributed by atoms with Crippen LogP contribution in [-0.4, -0.2) is 36.7 Å². The summed E-state index contributed by atoms with van der Waals surface area (Å²) < 4.78 is 44.6. The van der Waals surface area contributed by atoms with Crippen LogP contribution in [0.5, 0.6) is 0 Å². The summed E-state index contributed by atoms with van der Waals surface area (Å²) in [6.07, 6.45) is -4.38. The lowest BCUT2D eigenvalue weighted by atomic mass is 9.96. The third kappa shape index (κ3) is 3.75. The first kappa shape index (κ1) is 16.3. The Morgan fingerprint density at radius 2 is 2.00 bits per heavy atom. The van der Waals surface area contributed by atoms with Gasteiger partial charge in [0, 0.05) is 24.7 Å². The van der Waals surface area contributed by atoms with E-state index < -0.39 is 17.8 Å². The number of morpholine rings is 1. The lowest BCUT2D eigenvalue weighted by Gasteiger charge is -2.43. The van der Waals surface area contributed by atoms with Gasteiger partial charge in [-0.15, -0.1) is 0 Å². The highest BCUT2D eigenvalue weighted by Crippen LogP contribution is 2.34. The number of nitrogens with two attached hydrogens (primary N) is 1. The molecule has 3 nitrogen and oxygen atoms in total. The second-order valence-corrected chi connectivity index (χ2v) is 6.00. The maximum absolute atomic E-state index is 13.1. The number of halogens is 3. The Balaban J connectivity index is 2.19. The van der Waals surface area contributed by atoms with Crippen LogP contribution in [0.4, 0.5) is 13.2 Å². The van der Waals surface area contributed by atoms with Crippen molar-refractivity contribution < 1.29 is 17.9 Å². The van der Waals surface area contributed by atoms with Crippen LogP contribution in [0.25, 0.3) is 0 Å². The number of nitrogens with zero attached hydrogens (tertiary/aromatic N) is 1. The van der Waals surface area contributed by atoms with Crippen LogP contribution < -0.4 is 5.73 Å². The van der Waals surface area contributed by atoms with Crippen LogP contribution in [0.1, 0.15) is 31.0 Å². The minimum Gasteiger partial charge on any atom is -0.378 e. The van der Waals surface area contributed by atoms with Crippen LogP contribution >= 0.6 is 0 Å². The van der Waals surface area contributed by atoms with E-state index in [0.29, 0.717) is 26.3 Å². The van der Waals surface area contributed by atoms with Crippen LogP contribution in [0.3, 0.4) is 0 Å². The standard InChI is InChI=1S/C15H21F3N2O/c1-14(2)10-21-8-7-20(14)9-13(19)11-5-3-4-6-12(11)15(16,17)18/h3-6,13H,7-10,19H2,1-2H3. The Labute approximate surface area is 122 Å². The van der Waals surface area contributed by atoms with Crippen LogP contribution in [0.2, 0.25) is 0 Å². The molecule has 1 aliphatic rings. The molecule has 0 saturated carbocycles. The number of ether oxygens (including phenoxy) is 1. The number of rotatable bonds is 3. The normalized spacial score (nSPS) is 21.2. The molecular weight excluding hydrogens is 281 g/mol. The zero-order chi connectivity index (χ0) is 15.7. The molecule has 118 valence electrons. The van der Waals surface area contributed by atoms with Gasteiger partial charge in [0.15, 0.2) is 0 Å². The van der Waals surface area contributed by atoms with Gasteiger partial charge in [-0.2, -0.15) is 13.2 Å². The van der Waals surface area contributed by atoms with Crippen molar-refractivity contribution in [2.45, 2.75) is 31.6 Å². The molecule has 1 unspecified atom stereocenters. The smallest absolute Gasteiger partial charge is 0.378 e. The number of benzene rings is 1. The fraction of sp³-hybridized carbons (Fsp3) is 0.600. The first-order valence-corrected chi connectivity index (χ1v) is 6.96. The highest BCUT2D eigenvalue weighted by molar-refractivity contribution is 5.32. The van der Waals surface area contributed by atoms with E-state index in [-0.39, 0.29) is 11.1 Å². The monoisotopic (exact) mass is 302 g/mol. The first-order chi connectivity index (χ1) is 9.72. The van der Waals surface area contributed by atoms with Crippen LogP contribution in [-0.2, 0) is 10.9 Å². The zero-order valence-electron chi connectivity index (χ0n) is 12.3. The maximum atomic E-state index is 13.1. The Hall–Kier alpha value is -1.11. The fourth-order valence-electron chi connectivity index (χ4n) is 2.64. The number of hydrogen-bond acceptors (Lipinski definition) is 3. The molecule has 0 aliphatic carbocycles. The summed E-state index contributed by atoms with van der Waals surface area (Å²) in [6, 6.07) is 4.84. The summed E-state index contributed by atoms with van der Waals surface area (Å²) >= 11 is 0. The summed E-state index contributed by atoms with van der Waals surface area (Å²) in [5.41, 5.74) is 5.34. The summed E-state index contributed by atoms with van der Waals surface area (Å²) in [7, 11) is 0. The molecule has 21 heavy (non-hydrogen) atoms. The Bertz CT molecular complexity index is 488. The lowest BCUT2D eigenvalue weighted by Crippen LogP contribution is -2.54. The zero-order valence-corrected chi connectivity index (χ0v) is 12.3.